The summed E-state index contributed by atoms with van der Waals surface area (Å²) in [6, 6.07) is 1.73. The van der Waals surface area contributed by atoms with Crippen LogP contribution in [0.3, 0.4) is 0 Å². The summed E-state index contributed by atoms with van der Waals surface area (Å²) in [5.41, 5.74) is -0.437. The second-order valence-corrected chi connectivity index (χ2v) is 7.02. The molecule has 3 N–H and O–H groups in total. The highest BCUT2D eigenvalue weighted by Gasteiger charge is 2.19. The predicted octanol–water partition coefficient (Wildman–Crippen LogP) is 1.50. The van der Waals surface area contributed by atoms with Crippen molar-refractivity contribution in [3.05, 3.63) is 29.6 Å². The van der Waals surface area contributed by atoms with Gasteiger partial charge in [-0.2, -0.15) is 0 Å². The smallest absolute Gasteiger partial charge is 0.279 e. The lowest BCUT2D eigenvalue weighted by atomic mass is 10.0. The van der Waals surface area contributed by atoms with Crippen molar-refractivity contribution in [2.24, 2.45) is 5.92 Å². The number of quaternary nitrogens is 1. The number of carbonyl (C=O) groups is 2. The van der Waals surface area contributed by atoms with Crippen molar-refractivity contribution in [3.63, 3.8) is 0 Å². The Morgan fingerprint density at radius 2 is 1.62 bits per heavy atom. The molecule has 0 heterocycles. The van der Waals surface area contributed by atoms with E-state index in [-0.39, 0.29) is 25.0 Å². The Morgan fingerprint density at radius 1 is 1.00 bits per heavy atom. The van der Waals surface area contributed by atoms with E-state index >= 15 is 0 Å². The Labute approximate surface area is 151 Å². The zero-order valence-corrected chi connectivity index (χ0v) is 15.6. The zero-order valence-electron chi connectivity index (χ0n) is 15.6. The SMILES string of the molecule is CC(C)CC[C@@H](C)NC(=O)C[NH+](C)CC(=O)Nc1ccc(F)c(F)c1F. The Bertz CT molecular complexity index is 638. The lowest BCUT2D eigenvalue weighted by Crippen LogP contribution is -3.11. The van der Waals surface area contributed by atoms with Gasteiger partial charge in [0.1, 0.15) is 0 Å². The average molecular weight is 374 g/mol. The van der Waals surface area contributed by atoms with Gasteiger partial charge in [-0.25, -0.2) is 13.2 Å². The fourth-order valence-corrected chi connectivity index (χ4v) is 2.41. The summed E-state index contributed by atoms with van der Waals surface area (Å²) >= 11 is 0. The molecule has 0 bridgehead atoms. The third kappa shape index (κ3) is 7.43. The third-order valence-electron chi connectivity index (χ3n) is 3.82. The maximum absolute atomic E-state index is 13.5. The molecule has 0 fully saturated rings. The molecule has 0 saturated carbocycles. The zero-order chi connectivity index (χ0) is 19.9. The first-order valence-electron chi connectivity index (χ1n) is 8.64. The minimum absolute atomic E-state index is 0.0443. The fourth-order valence-electron chi connectivity index (χ4n) is 2.41. The molecule has 5 nitrogen and oxygen atoms in total. The molecule has 8 heteroatoms. The van der Waals surface area contributed by atoms with Crippen LogP contribution >= 0.6 is 0 Å². The van der Waals surface area contributed by atoms with Gasteiger partial charge in [0.05, 0.1) is 12.7 Å². The highest BCUT2D eigenvalue weighted by molar-refractivity contribution is 5.91. The van der Waals surface area contributed by atoms with Gasteiger partial charge >= 0.3 is 0 Å². The van der Waals surface area contributed by atoms with Gasteiger partial charge in [-0.1, -0.05) is 13.8 Å². The van der Waals surface area contributed by atoms with Gasteiger partial charge in [-0.15, -0.1) is 0 Å². The number of amides is 2. The molecule has 0 radical (unpaired) electrons. The van der Waals surface area contributed by atoms with Crippen molar-refractivity contribution < 1.29 is 27.7 Å². The molecule has 146 valence electrons. The molecule has 0 aromatic heterocycles. The van der Waals surface area contributed by atoms with Crippen LogP contribution in [-0.4, -0.2) is 38.0 Å². The number of carbonyl (C=O) groups excluding carboxylic acids is 2. The molecule has 0 aliphatic carbocycles. The van der Waals surface area contributed by atoms with E-state index in [4.69, 9.17) is 0 Å². The molecule has 0 spiro atoms. The van der Waals surface area contributed by atoms with Crippen LogP contribution in [0.5, 0.6) is 0 Å². The summed E-state index contributed by atoms with van der Waals surface area (Å²) in [5.74, 6) is -4.65. The maximum Gasteiger partial charge on any atom is 0.279 e. The molecule has 2 amide bonds. The number of halogens is 3. The molecule has 1 aromatic carbocycles. The van der Waals surface area contributed by atoms with Gasteiger partial charge in [-0.3, -0.25) is 9.59 Å². The maximum atomic E-state index is 13.5. The van der Waals surface area contributed by atoms with Crippen LogP contribution in [0.15, 0.2) is 12.1 Å². The van der Waals surface area contributed by atoms with E-state index in [9.17, 15) is 22.8 Å². The van der Waals surface area contributed by atoms with E-state index in [1.165, 1.54) is 0 Å². The van der Waals surface area contributed by atoms with Gasteiger partial charge < -0.3 is 15.5 Å². The second kappa shape index (κ2) is 10.2. The topological polar surface area (TPSA) is 62.6 Å². The van der Waals surface area contributed by atoms with Gasteiger partial charge in [0.25, 0.3) is 11.8 Å². The van der Waals surface area contributed by atoms with Crippen molar-refractivity contribution in [2.75, 3.05) is 25.5 Å². The van der Waals surface area contributed by atoms with Gasteiger partial charge in [0.2, 0.25) is 0 Å². The number of benzene rings is 1. The third-order valence-corrected chi connectivity index (χ3v) is 3.82. The summed E-state index contributed by atoms with van der Waals surface area (Å²) in [5, 5.41) is 5.05. The molecule has 1 rings (SSSR count). The second-order valence-electron chi connectivity index (χ2n) is 7.02. The predicted molar refractivity (Wildman–Crippen MR) is 93.2 cm³/mol. The minimum atomic E-state index is -1.64. The van der Waals surface area contributed by atoms with Crippen molar-refractivity contribution in [1.82, 2.24) is 5.32 Å². The van der Waals surface area contributed by atoms with Gasteiger partial charge in [-0.05, 0) is 37.8 Å². The normalized spacial score (nSPS) is 13.4. The number of rotatable bonds is 9. The summed E-state index contributed by atoms with van der Waals surface area (Å²) in [4.78, 5) is 24.5. The Kier molecular flexibility index (Phi) is 8.57. The number of hydrogen-bond acceptors (Lipinski definition) is 2. The first-order chi connectivity index (χ1) is 12.1. The molecule has 1 aromatic rings. The summed E-state index contributed by atoms with van der Waals surface area (Å²) in [6.07, 6.45) is 1.88. The van der Waals surface area contributed by atoms with E-state index < -0.39 is 29.0 Å². The highest BCUT2D eigenvalue weighted by Crippen LogP contribution is 2.19. The Balaban J connectivity index is 2.45. The van der Waals surface area contributed by atoms with Gasteiger partial charge in [0.15, 0.2) is 30.5 Å². The molecule has 0 aliphatic heterocycles. The van der Waals surface area contributed by atoms with Crippen molar-refractivity contribution in [3.8, 4) is 0 Å². The highest BCUT2D eigenvalue weighted by atomic mass is 19.2. The van der Waals surface area contributed by atoms with E-state index in [2.05, 4.69) is 24.5 Å². The molecular formula is C18H27F3N3O2+. The lowest BCUT2D eigenvalue weighted by molar-refractivity contribution is -0.862. The molecule has 0 saturated heterocycles. The Morgan fingerprint density at radius 3 is 2.23 bits per heavy atom. The first-order valence-corrected chi connectivity index (χ1v) is 8.64. The van der Waals surface area contributed by atoms with Crippen LogP contribution in [-0.2, 0) is 9.59 Å². The quantitative estimate of drug-likeness (QED) is 0.574. The average Bonchev–Trinajstić information content (AvgIpc) is 2.53. The van der Waals surface area contributed by atoms with E-state index in [0.29, 0.717) is 10.8 Å². The molecule has 1 unspecified atom stereocenters. The van der Waals surface area contributed by atoms with Crippen LogP contribution in [0.1, 0.15) is 33.6 Å². The van der Waals surface area contributed by atoms with E-state index in [1.54, 1.807) is 7.05 Å². The largest absolute Gasteiger partial charge is 0.349 e. The van der Waals surface area contributed by atoms with Crippen LogP contribution in [0, 0.1) is 23.4 Å². The standard InChI is InChI=1S/C18H26F3N3O2/c1-11(2)5-6-12(3)22-15(25)9-24(4)10-16(26)23-14-8-7-13(19)17(20)18(14)21/h7-8,11-12H,5-6,9-10H2,1-4H3,(H,22,25)(H,23,26)/p+1/t12-/m1/s1. The summed E-state index contributed by atoms with van der Waals surface area (Å²) in [7, 11) is 1.64. The molecule has 26 heavy (non-hydrogen) atoms. The number of nitrogens with one attached hydrogen (secondary N) is 3. The van der Waals surface area contributed by atoms with Crippen LogP contribution in [0.2, 0.25) is 0 Å². The monoisotopic (exact) mass is 374 g/mol. The van der Waals surface area contributed by atoms with Crippen LogP contribution < -0.4 is 15.5 Å². The van der Waals surface area contributed by atoms with Crippen molar-refractivity contribution >= 4 is 17.5 Å². The first kappa shape index (κ1) is 22.0. The summed E-state index contributed by atoms with van der Waals surface area (Å²) in [6.45, 7) is 6.10. The number of anilines is 1. The minimum Gasteiger partial charge on any atom is -0.349 e. The summed E-state index contributed by atoms with van der Waals surface area (Å²) < 4.78 is 39.6. The molecule has 0 aliphatic rings. The molecular weight excluding hydrogens is 347 g/mol. The Hall–Kier alpha value is -2.09. The molecule has 2 atom stereocenters. The van der Waals surface area contributed by atoms with Gasteiger partial charge in [0, 0.05) is 6.04 Å². The van der Waals surface area contributed by atoms with E-state index in [1.807, 2.05) is 6.92 Å². The van der Waals surface area contributed by atoms with Crippen LogP contribution in [0.25, 0.3) is 0 Å². The van der Waals surface area contributed by atoms with Crippen molar-refractivity contribution in [2.45, 2.75) is 39.7 Å². The van der Waals surface area contributed by atoms with Crippen molar-refractivity contribution in [1.29, 1.82) is 0 Å². The number of likely N-dealkylation sites (N-methyl/N-ethyl adjacent to an activating group) is 1. The lowest BCUT2D eigenvalue weighted by Gasteiger charge is -2.17. The number of hydrogen-bond donors (Lipinski definition) is 3. The fraction of sp³-hybridized carbons (Fsp3) is 0.556. The van der Waals surface area contributed by atoms with E-state index in [0.717, 1.165) is 25.0 Å². The van der Waals surface area contributed by atoms with Crippen LogP contribution in [0.4, 0.5) is 18.9 Å².